The summed E-state index contributed by atoms with van der Waals surface area (Å²) in [6.07, 6.45) is 7.25. The minimum atomic E-state index is -0.0903. The number of carbonyl (C=O) groups excluding carboxylic acids is 1. The number of nitrogens with zero attached hydrogens (tertiary/aromatic N) is 5. The number of pyridine rings is 1. The van der Waals surface area contributed by atoms with E-state index in [4.69, 9.17) is 0 Å². The van der Waals surface area contributed by atoms with Gasteiger partial charge in [0, 0.05) is 36.0 Å². The summed E-state index contributed by atoms with van der Waals surface area (Å²) in [7, 11) is 0. The Kier molecular flexibility index (Phi) is 5.44. The van der Waals surface area contributed by atoms with Crippen LogP contribution in [0, 0.1) is 13.8 Å². The van der Waals surface area contributed by atoms with Crippen molar-refractivity contribution in [2.24, 2.45) is 0 Å². The molecule has 8 heteroatoms. The Bertz CT molecular complexity index is 1100. The van der Waals surface area contributed by atoms with Crippen LogP contribution < -0.4 is 5.32 Å². The van der Waals surface area contributed by atoms with Gasteiger partial charge in [-0.15, -0.1) is 10.2 Å². The van der Waals surface area contributed by atoms with E-state index in [1.165, 1.54) is 11.8 Å². The fraction of sp³-hybridized carbons (Fsp3) is 0.143. The Morgan fingerprint density at radius 3 is 2.41 bits per heavy atom. The number of nitrogens with one attached hydrogen (secondary N) is 1. The lowest BCUT2D eigenvalue weighted by molar-refractivity contribution is -0.113. The van der Waals surface area contributed by atoms with Crippen molar-refractivity contribution < 1.29 is 4.79 Å². The van der Waals surface area contributed by atoms with Gasteiger partial charge in [0.1, 0.15) is 0 Å². The number of hydrogen-bond donors (Lipinski definition) is 1. The molecule has 7 nitrogen and oxygen atoms in total. The number of hydrogen-bond acceptors (Lipinski definition) is 5. The predicted molar refractivity (Wildman–Crippen MR) is 114 cm³/mol. The van der Waals surface area contributed by atoms with Gasteiger partial charge in [-0.3, -0.25) is 14.5 Å². The molecule has 1 N–H and O–H groups in total. The lowest BCUT2D eigenvalue weighted by atomic mass is 10.1. The third-order valence-corrected chi connectivity index (χ3v) is 5.13. The smallest absolute Gasteiger partial charge is 0.234 e. The SMILES string of the molecule is Cc1cc(C)cc(NC(=O)CSc2nnc(-c3ccncc3)n2-n2cccc2)c1. The molecule has 0 aliphatic rings. The fourth-order valence-corrected chi connectivity index (χ4v) is 3.81. The van der Waals surface area contributed by atoms with Crippen LogP contribution in [0.3, 0.4) is 0 Å². The second kappa shape index (κ2) is 8.32. The third-order valence-electron chi connectivity index (χ3n) is 4.21. The third kappa shape index (κ3) is 4.38. The van der Waals surface area contributed by atoms with Crippen LogP contribution in [-0.4, -0.2) is 36.2 Å². The van der Waals surface area contributed by atoms with Crippen LogP contribution in [0.4, 0.5) is 5.69 Å². The zero-order valence-corrected chi connectivity index (χ0v) is 16.9. The van der Waals surface area contributed by atoms with E-state index in [9.17, 15) is 4.79 Å². The van der Waals surface area contributed by atoms with Crippen molar-refractivity contribution in [3.8, 4) is 11.4 Å². The van der Waals surface area contributed by atoms with Crippen molar-refractivity contribution >= 4 is 23.4 Å². The summed E-state index contributed by atoms with van der Waals surface area (Å²) in [5.41, 5.74) is 3.93. The van der Waals surface area contributed by atoms with E-state index >= 15 is 0 Å². The molecular weight excluding hydrogens is 384 g/mol. The van der Waals surface area contributed by atoms with Gasteiger partial charge in [0.2, 0.25) is 11.1 Å². The van der Waals surface area contributed by atoms with Crippen molar-refractivity contribution in [2.75, 3.05) is 11.1 Å². The standard InChI is InChI=1S/C21H20N6OS/c1-15-11-16(2)13-18(12-15)23-19(28)14-29-21-25-24-20(17-5-7-22-8-6-17)27(21)26-9-3-4-10-26/h3-13H,14H2,1-2H3,(H,23,28). The van der Waals surface area contributed by atoms with Gasteiger partial charge in [0.05, 0.1) is 5.75 Å². The molecular formula is C21H20N6OS. The minimum absolute atomic E-state index is 0.0903. The summed E-state index contributed by atoms with van der Waals surface area (Å²) in [6, 6.07) is 13.6. The molecule has 0 radical (unpaired) electrons. The second-order valence-corrected chi connectivity index (χ2v) is 7.57. The molecule has 0 spiro atoms. The number of aromatic nitrogens is 5. The molecule has 4 aromatic rings. The summed E-state index contributed by atoms with van der Waals surface area (Å²) in [6.45, 7) is 4.02. The highest BCUT2D eigenvalue weighted by Gasteiger charge is 2.17. The van der Waals surface area contributed by atoms with Gasteiger partial charge in [-0.25, -0.2) is 4.68 Å². The average molecular weight is 404 g/mol. The number of carbonyl (C=O) groups is 1. The van der Waals surface area contributed by atoms with Gasteiger partial charge in [0.25, 0.3) is 0 Å². The summed E-state index contributed by atoms with van der Waals surface area (Å²) < 4.78 is 3.77. The summed E-state index contributed by atoms with van der Waals surface area (Å²) in [4.78, 5) is 16.5. The van der Waals surface area contributed by atoms with Gasteiger partial charge in [-0.2, -0.15) is 0 Å². The maximum absolute atomic E-state index is 12.5. The molecule has 0 unspecified atom stereocenters. The molecule has 146 valence electrons. The first kappa shape index (κ1) is 18.9. The van der Waals surface area contributed by atoms with E-state index in [0.717, 1.165) is 22.4 Å². The molecule has 0 fully saturated rings. The molecule has 1 aromatic carbocycles. The number of amides is 1. The van der Waals surface area contributed by atoms with Gasteiger partial charge in [-0.1, -0.05) is 17.8 Å². The largest absolute Gasteiger partial charge is 0.325 e. The van der Waals surface area contributed by atoms with Crippen molar-refractivity contribution in [3.63, 3.8) is 0 Å². The summed E-state index contributed by atoms with van der Waals surface area (Å²) in [5, 5.41) is 12.2. The first-order chi connectivity index (χ1) is 14.1. The van der Waals surface area contributed by atoms with Gasteiger partial charge in [0.15, 0.2) is 5.82 Å². The quantitative estimate of drug-likeness (QED) is 0.495. The second-order valence-electron chi connectivity index (χ2n) is 6.63. The van der Waals surface area contributed by atoms with Crippen molar-refractivity contribution in [1.29, 1.82) is 0 Å². The van der Waals surface area contributed by atoms with Crippen LogP contribution in [0.2, 0.25) is 0 Å². The normalized spacial score (nSPS) is 10.8. The molecule has 4 rings (SSSR count). The van der Waals surface area contributed by atoms with Crippen LogP contribution in [0.5, 0.6) is 0 Å². The first-order valence-electron chi connectivity index (χ1n) is 9.10. The van der Waals surface area contributed by atoms with Gasteiger partial charge >= 0.3 is 0 Å². The molecule has 0 saturated carbocycles. The zero-order chi connectivity index (χ0) is 20.2. The van der Waals surface area contributed by atoms with Crippen molar-refractivity contribution in [2.45, 2.75) is 19.0 Å². The number of anilines is 1. The Hall–Kier alpha value is -3.39. The fourth-order valence-electron chi connectivity index (χ4n) is 3.08. The Morgan fingerprint density at radius 1 is 1.03 bits per heavy atom. The van der Waals surface area contributed by atoms with Crippen LogP contribution in [-0.2, 0) is 4.79 Å². The highest BCUT2D eigenvalue weighted by Crippen LogP contribution is 2.24. The van der Waals surface area contributed by atoms with Crippen LogP contribution in [0.1, 0.15) is 11.1 Å². The molecule has 0 saturated heterocycles. The van der Waals surface area contributed by atoms with Gasteiger partial charge in [-0.05, 0) is 61.4 Å². The highest BCUT2D eigenvalue weighted by atomic mass is 32.2. The topological polar surface area (TPSA) is 77.6 Å². The van der Waals surface area contributed by atoms with E-state index in [2.05, 4.69) is 26.6 Å². The van der Waals surface area contributed by atoms with E-state index in [-0.39, 0.29) is 11.7 Å². The summed E-state index contributed by atoms with van der Waals surface area (Å²) in [5.74, 6) is 0.816. The minimum Gasteiger partial charge on any atom is -0.325 e. The lowest BCUT2D eigenvalue weighted by Gasteiger charge is -2.11. The van der Waals surface area contributed by atoms with Gasteiger partial charge < -0.3 is 5.32 Å². The molecule has 29 heavy (non-hydrogen) atoms. The first-order valence-corrected chi connectivity index (χ1v) is 10.1. The van der Waals surface area contributed by atoms with E-state index in [1.807, 2.05) is 72.0 Å². The maximum Gasteiger partial charge on any atom is 0.234 e. The molecule has 0 aliphatic carbocycles. The Morgan fingerprint density at radius 2 is 1.72 bits per heavy atom. The van der Waals surface area contributed by atoms with E-state index < -0.39 is 0 Å². The zero-order valence-electron chi connectivity index (χ0n) is 16.1. The summed E-state index contributed by atoms with van der Waals surface area (Å²) >= 11 is 1.34. The molecule has 3 aromatic heterocycles. The highest BCUT2D eigenvalue weighted by molar-refractivity contribution is 7.99. The number of rotatable bonds is 6. The average Bonchev–Trinajstić information content (AvgIpc) is 3.35. The monoisotopic (exact) mass is 404 g/mol. The lowest BCUT2D eigenvalue weighted by Crippen LogP contribution is -2.16. The number of benzene rings is 1. The molecule has 3 heterocycles. The number of thioether (sulfide) groups is 1. The molecule has 1 amide bonds. The molecule has 0 atom stereocenters. The van der Waals surface area contributed by atoms with Crippen LogP contribution >= 0.6 is 11.8 Å². The number of aryl methyl sites for hydroxylation is 2. The Labute approximate surface area is 172 Å². The van der Waals surface area contributed by atoms with E-state index in [1.54, 1.807) is 12.4 Å². The van der Waals surface area contributed by atoms with Crippen LogP contribution in [0.25, 0.3) is 11.4 Å². The Balaban J connectivity index is 1.54. The van der Waals surface area contributed by atoms with Crippen molar-refractivity contribution in [3.05, 3.63) is 78.4 Å². The van der Waals surface area contributed by atoms with E-state index in [0.29, 0.717) is 11.0 Å². The molecule has 0 aliphatic heterocycles. The molecule has 0 bridgehead atoms. The van der Waals surface area contributed by atoms with Crippen LogP contribution in [0.15, 0.2) is 72.4 Å². The maximum atomic E-state index is 12.5. The van der Waals surface area contributed by atoms with Crippen molar-refractivity contribution in [1.82, 2.24) is 24.5 Å². The predicted octanol–water partition coefficient (Wildman–Crippen LogP) is 3.80.